The quantitative estimate of drug-likeness (QED) is 0.475. The molecule has 1 aromatic rings. The molecule has 0 radical (unpaired) electrons. The van der Waals surface area contributed by atoms with E-state index in [-0.39, 0.29) is 12.4 Å². The SMILES string of the molecule is N=C(N)c1ccc(OCCOC(F)(F)F)cc1. The molecule has 3 N–H and O–H groups in total. The van der Waals surface area contributed by atoms with Crippen molar-refractivity contribution in [2.45, 2.75) is 6.36 Å². The largest absolute Gasteiger partial charge is 0.522 e. The highest BCUT2D eigenvalue weighted by atomic mass is 19.4. The molecule has 0 aliphatic rings. The van der Waals surface area contributed by atoms with Gasteiger partial charge in [-0.3, -0.25) is 10.1 Å². The number of amidine groups is 1. The highest BCUT2D eigenvalue weighted by molar-refractivity contribution is 5.94. The summed E-state index contributed by atoms with van der Waals surface area (Å²) in [5.41, 5.74) is 5.75. The van der Waals surface area contributed by atoms with Crippen LogP contribution in [0.1, 0.15) is 5.56 Å². The van der Waals surface area contributed by atoms with E-state index in [1.807, 2.05) is 0 Å². The van der Waals surface area contributed by atoms with Crippen LogP contribution in [-0.2, 0) is 4.74 Å². The molecule has 17 heavy (non-hydrogen) atoms. The van der Waals surface area contributed by atoms with Crippen LogP contribution in [0.15, 0.2) is 24.3 Å². The van der Waals surface area contributed by atoms with Crippen molar-refractivity contribution in [3.8, 4) is 5.75 Å². The van der Waals surface area contributed by atoms with E-state index in [1.54, 1.807) is 12.1 Å². The van der Waals surface area contributed by atoms with Crippen LogP contribution in [0.5, 0.6) is 5.75 Å². The number of halogens is 3. The summed E-state index contributed by atoms with van der Waals surface area (Å²) in [4.78, 5) is 0. The van der Waals surface area contributed by atoms with Crippen molar-refractivity contribution in [1.82, 2.24) is 0 Å². The average molecular weight is 248 g/mol. The van der Waals surface area contributed by atoms with Gasteiger partial charge in [-0.1, -0.05) is 0 Å². The number of benzene rings is 1. The maximum absolute atomic E-state index is 11.6. The summed E-state index contributed by atoms with van der Waals surface area (Å²) in [7, 11) is 0. The third kappa shape index (κ3) is 5.21. The van der Waals surface area contributed by atoms with Crippen LogP contribution in [0.4, 0.5) is 13.2 Å². The van der Waals surface area contributed by atoms with E-state index in [9.17, 15) is 13.2 Å². The number of nitrogens with one attached hydrogen (secondary N) is 1. The van der Waals surface area contributed by atoms with Crippen molar-refractivity contribution in [2.24, 2.45) is 5.73 Å². The zero-order chi connectivity index (χ0) is 12.9. The van der Waals surface area contributed by atoms with Crippen molar-refractivity contribution in [2.75, 3.05) is 13.2 Å². The van der Waals surface area contributed by atoms with Gasteiger partial charge in [-0.25, -0.2) is 0 Å². The average Bonchev–Trinajstić information content (AvgIpc) is 2.24. The Morgan fingerprint density at radius 3 is 2.24 bits per heavy atom. The lowest BCUT2D eigenvalue weighted by molar-refractivity contribution is -0.325. The normalized spacial score (nSPS) is 11.2. The van der Waals surface area contributed by atoms with Crippen molar-refractivity contribution < 1.29 is 22.6 Å². The molecular formula is C10H11F3N2O2. The van der Waals surface area contributed by atoms with Gasteiger partial charge in [0.2, 0.25) is 0 Å². The Morgan fingerprint density at radius 1 is 1.18 bits per heavy atom. The molecule has 0 atom stereocenters. The van der Waals surface area contributed by atoms with Gasteiger partial charge in [0, 0.05) is 5.56 Å². The van der Waals surface area contributed by atoms with Gasteiger partial charge < -0.3 is 10.5 Å². The lowest BCUT2D eigenvalue weighted by atomic mass is 10.2. The van der Waals surface area contributed by atoms with E-state index in [1.165, 1.54) is 12.1 Å². The molecule has 0 unspecified atom stereocenters. The Balaban J connectivity index is 2.35. The monoisotopic (exact) mass is 248 g/mol. The highest BCUT2D eigenvalue weighted by Gasteiger charge is 2.28. The van der Waals surface area contributed by atoms with Gasteiger partial charge in [0.25, 0.3) is 0 Å². The zero-order valence-electron chi connectivity index (χ0n) is 8.75. The first-order chi connectivity index (χ1) is 7.88. The minimum Gasteiger partial charge on any atom is -0.491 e. The van der Waals surface area contributed by atoms with E-state index < -0.39 is 13.0 Å². The van der Waals surface area contributed by atoms with Gasteiger partial charge in [0.1, 0.15) is 18.2 Å². The maximum Gasteiger partial charge on any atom is 0.522 e. The Morgan fingerprint density at radius 2 is 1.76 bits per heavy atom. The minimum absolute atomic E-state index is 0.0862. The summed E-state index contributed by atoms with van der Waals surface area (Å²) in [5, 5.41) is 7.13. The first-order valence-electron chi connectivity index (χ1n) is 4.66. The van der Waals surface area contributed by atoms with Gasteiger partial charge >= 0.3 is 6.36 Å². The van der Waals surface area contributed by atoms with Gasteiger partial charge in [0.15, 0.2) is 0 Å². The molecule has 0 saturated heterocycles. The zero-order valence-corrected chi connectivity index (χ0v) is 8.75. The fraction of sp³-hybridized carbons (Fsp3) is 0.300. The molecule has 0 spiro atoms. The predicted molar refractivity (Wildman–Crippen MR) is 55.0 cm³/mol. The number of nitrogen functional groups attached to an aromatic ring is 1. The Bertz CT molecular complexity index is 376. The van der Waals surface area contributed by atoms with Crippen LogP contribution in [0.2, 0.25) is 0 Å². The second-order valence-corrected chi connectivity index (χ2v) is 3.08. The molecule has 0 heterocycles. The fourth-order valence-corrected chi connectivity index (χ4v) is 1.05. The molecule has 1 aromatic carbocycles. The van der Waals surface area contributed by atoms with E-state index in [0.29, 0.717) is 11.3 Å². The molecule has 0 aliphatic carbocycles. The summed E-state index contributed by atoms with van der Waals surface area (Å²) >= 11 is 0. The van der Waals surface area contributed by atoms with Gasteiger partial charge in [-0.15, -0.1) is 13.2 Å². The molecule has 0 bridgehead atoms. The van der Waals surface area contributed by atoms with Crippen molar-refractivity contribution in [3.63, 3.8) is 0 Å². The number of alkyl halides is 3. The van der Waals surface area contributed by atoms with E-state index >= 15 is 0 Å². The Labute approximate surface area is 95.6 Å². The molecular weight excluding hydrogens is 237 g/mol. The highest BCUT2D eigenvalue weighted by Crippen LogP contribution is 2.16. The van der Waals surface area contributed by atoms with Crippen LogP contribution >= 0.6 is 0 Å². The lowest BCUT2D eigenvalue weighted by Gasteiger charge is -2.09. The predicted octanol–water partition coefficient (Wildman–Crippen LogP) is 1.89. The summed E-state index contributed by atoms with van der Waals surface area (Å²) in [6, 6.07) is 6.12. The number of hydrogen-bond acceptors (Lipinski definition) is 3. The Kier molecular flexibility index (Phi) is 4.33. The smallest absolute Gasteiger partial charge is 0.491 e. The third-order valence-electron chi connectivity index (χ3n) is 1.78. The van der Waals surface area contributed by atoms with E-state index in [2.05, 4.69) is 4.74 Å². The first-order valence-corrected chi connectivity index (χ1v) is 4.66. The van der Waals surface area contributed by atoms with Crippen LogP contribution < -0.4 is 10.5 Å². The molecule has 94 valence electrons. The number of ether oxygens (including phenoxy) is 2. The van der Waals surface area contributed by atoms with Crippen molar-refractivity contribution in [1.29, 1.82) is 5.41 Å². The lowest BCUT2D eigenvalue weighted by Crippen LogP contribution is -2.18. The molecule has 0 saturated carbocycles. The fourth-order valence-electron chi connectivity index (χ4n) is 1.05. The first kappa shape index (κ1) is 13.3. The molecule has 0 aromatic heterocycles. The summed E-state index contributed by atoms with van der Waals surface area (Å²) in [6.07, 6.45) is -4.64. The van der Waals surface area contributed by atoms with Gasteiger partial charge in [-0.05, 0) is 24.3 Å². The number of hydrogen-bond donors (Lipinski definition) is 2. The van der Waals surface area contributed by atoms with Crippen molar-refractivity contribution >= 4 is 5.84 Å². The molecule has 0 aliphatic heterocycles. The summed E-state index contributed by atoms with van der Waals surface area (Å²) < 4.78 is 43.4. The molecule has 4 nitrogen and oxygen atoms in total. The summed E-state index contributed by atoms with van der Waals surface area (Å²) in [5.74, 6) is 0.303. The van der Waals surface area contributed by atoms with E-state index in [4.69, 9.17) is 15.9 Å². The van der Waals surface area contributed by atoms with Crippen LogP contribution in [-0.4, -0.2) is 25.4 Å². The third-order valence-corrected chi connectivity index (χ3v) is 1.78. The van der Waals surface area contributed by atoms with Crippen LogP contribution in [0.25, 0.3) is 0 Å². The molecule has 0 amide bonds. The van der Waals surface area contributed by atoms with E-state index in [0.717, 1.165) is 0 Å². The Hall–Kier alpha value is -1.76. The second-order valence-electron chi connectivity index (χ2n) is 3.08. The standard InChI is InChI=1S/C10H11F3N2O2/c11-10(12,13)17-6-5-16-8-3-1-7(2-4-8)9(14)15/h1-4H,5-6H2,(H3,14,15). The minimum atomic E-state index is -4.64. The molecule has 7 heteroatoms. The topological polar surface area (TPSA) is 68.3 Å². The van der Waals surface area contributed by atoms with Crippen molar-refractivity contribution in [3.05, 3.63) is 29.8 Å². The van der Waals surface area contributed by atoms with Gasteiger partial charge in [0.05, 0.1) is 6.61 Å². The number of nitrogens with two attached hydrogens (primary N) is 1. The molecule has 1 rings (SSSR count). The van der Waals surface area contributed by atoms with Gasteiger partial charge in [-0.2, -0.15) is 0 Å². The molecule has 0 fully saturated rings. The second kappa shape index (κ2) is 5.53. The summed E-state index contributed by atoms with van der Waals surface area (Å²) in [6.45, 7) is -0.781. The van der Waals surface area contributed by atoms with Crippen LogP contribution in [0, 0.1) is 5.41 Å². The number of rotatable bonds is 5. The maximum atomic E-state index is 11.6. The van der Waals surface area contributed by atoms with Crippen LogP contribution in [0.3, 0.4) is 0 Å².